The molecule has 0 N–H and O–H groups in total. The Hall–Kier alpha value is -10.6. The Kier molecular flexibility index (Phi) is 14.5. The van der Waals surface area contributed by atoms with Crippen molar-refractivity contribution in [2.24, 2.45) is 0 Å². The second kappa shape index (κ2) is 22.8. The van der Waals surface area contributed by atoms with Gasteiger partial charge in [-0.2, -0.15) is 0 Å². The standard InChI is InChI=1S/C45H37N3.C38H32N4/c1-44(2)39-26-24-35(34-22-14-21-33(27-34)30-15-8-5-9-16-30)28-38(39)37-25-23-36(29-40(37)45(44,3)4)43-47-41(31-17-10-6-11-18-31)46-42(48-43)32-19-12-7-13-20-32;1-37(2)31-18-12-11-17-29(31)30-21-19-27(23-32(30)38(37,3)4)33-22-20-28(24-39-33)36-41-34(25-13-7-5-8-14-25)40-35(42-36)26-15-9-6-10-16-26/h5-29H,1-4H3;5-24H,1-4H3. The Bertz CT molecular complexity index is 4670. The molecule has 90 heavy (non-hydrogen) atoms. The zero-order chi connectivity index (χ0) is 61.8. The lowest BCUT2D eigenvalue weighted by Crippen LogP contribution is -2.43. The SMILES string of the molecule is CC1(C)c2ccc(-c3cccc(-c4ccccc4)c3)cc2-c2ccc(-c3nc(-c4ccccc4)nc(-c4ccccc4)n3)cc2C1(C)C.CC1(C)c2ccccc2-c2ccc(-c3ccc(-c4nc(-c5ccccc5)nc(-c5ccccc5)n4)cn3)cc2C1(C)C. The maximum absolute atomic E-state index is 5.04. The number of hydrogen-bond acceptors (Lipinski definition) is 7. The van der Waals surface area contributed by atoms with E-state index < -0.39 is 0 Å². The summed E-state index contributed by atoms with van der Waals surface area (Å²) in [6.45, 7) is 18.9. The van der Waals surface area contributed by atoms with Crippen LogP contribution in [0.2, 0.25) is 0 Å². The van der Waals surface area contributed by atoms with Crippen LogP contribution in [0.3, 0.4) is 0 Å². The summed E-state index contributed by atoms with van der Waals surface area (Å²) in [7, 11) is 0. The van der Waals surface area contributed by atoms with Crippen molar-refractivity contribution in [1.82, 2.24) is 34.9 Å². The first-order valence-electron chi connectivity index (χ1n) is 31.0. The van der Waals surface area contributed by atoms with E-state index in [2.05, 4.69) is 225 Å². The molecule has 0 spiro atoms. The van der Waals surface area contributed by atoms with Crippen LogP contribution in [0.5, 0.6) is 0 Å². The molecule has 7 nitrogen and oxygen atoms in total. The lowest BCUT2D eigenvalue weighted by molar-refractivity contribution is 0.299. The fraction of sp³-hybridized carbons (Fsp3) is 0.145. The molecule has 0 unspecified atom stereocenters. The number of hydrogen-bond donors (Lipinski definition) is 0. The van der Waals surface area contributed by atoms with Crippen LogP contribution in [-0.2, 0) is 21.7 Å². The lowest BCUT2D eigenvalue weighted by Gasteiger charge is -2.48. The topological polar surface area (TPSA) is 90.2 Å². The molecule has 7 heteroatoms. The Balaban J connectivity index is 0.000000159. The Morgan fingerprint density at radius 2 is 0.522 bits per heavy atom. The third-order valence-electron chi connectivity index (χ3n) is 19.7. The van der Waals surface area contributed by atoms with Crippen LogP contribution < -0.4 is 0 Å². The van der Waals surface area contributed by atoms with E-state index in [-0.39, 0.29) is 21.7 Å². The average Bonchev–Trinajstić information content (AvgIpc) is 0.740. The summed E-state index contributed by atoms with van der Waals surface area (Å²) in [6, 6.07) is 93.4. The number of pyridine rings is 1. The van der Waals surface area contributed by atoms with Crippen molar-refractivity contribution in [2.45, 2.75) is 77.0 Å². The molecule has 0 amide bonds. The summed E-state index contributed by atoms with van der Waals surface area (Å²) in [5, 5.41) is 0. The summed E-state index contributed by atoms with van der Waals surface area (Å²) in [6.07, 6.45) is 1.87. The number of benzene rings is 10. The predicted molar refractivity (Wildman–Crippen MR) is 369 cm³/mol. The molecule has 436 valence electrons. The largest absolute Gasteiger partial charge is 0.255 e. The van der Waals surface area contributed by atoms with Crippen LogP contribution in [0, 0.1) is 0 Å². The molecule has 0 saturated heterocycles. The van der Waals surface area contributed by atoms with Gasteiger partial charge in [0.05, 0.1) is 5.69 Å². The molecular weight excluding hydrogens is 1090 g/mol. The maximum Gasteiger partial charge on any atom is 0.165 e. The van der Waals surface area contributed by atoms with Crippen LogP contribution in [0.1, 0.15) is 77.6 Å². The first-order valence-corrected chi connectivity index (χ1v) is 31.0. The van der Waals surface area contributed by atoms with Gasteiger partial charge in [0.1, 0.15) is 0 Å². The highest BCUT2D eigenvalue weighted by molar-refractivity contribution is 5.85. The van der Waals surface area contributed by atoms with Gasteiger partial charge in [0, 0.05) is 45.1 Å². The Morgan fingerprint density at radius 3 is 1.00 bits per heavy atom. The average molecular weight is 1160 g/mol. The normalized spacial score (nSPS) is 14.4. The molecule has 3 heterocycles. The minimum absolute atomic E-state index is 0.0158. The Labute approximate surface area is 528 Å². The van der Waals surface area contributed by atoms with Crippen LogP contribution in [0.4, 0.5) is 0 Å². The third kappa shape index (κ3) is 10.3. The van der Waals surface area contributed by atoms with E-state index in [1.54, 1.807) is 0 Å². The van der Waals surface area contributed by atoms with Crippen LogP contribution in [0.15, 0.2) is 273 Å². The molecule has 0 bridgehead atoms. The van der Waals surface area contributed by atoms with E-state index in [4.69, 9.17) is 34.9 Å². The number of rotatable bonds is 9. The van der Waals surface area contributed by atoms with E-state index in [0.29, 0.717) is 34.9 Å². The maximum atomic E-state index is 5.04. The van der Waals surface area contributed by atoms with Gasteiger partial charge in [0.25, 0.3) is 0 Å². The van der Waals surface area contributed by atoms with Crippen molar-refractivity contribution in [2.75, 3.05) is 0 Å². The van der Waals surface area contributed by atoms with Crippen molar-refractivity contribution >= 4 is 0 Å². The Morgan fingerprint density at radius 1 is 0.200 bits per heavy atom. The van der Waals surface area contributed by atoms with Crippen LogP contribution >= 0.6 is 0 Å². The van der Waals surface area contributed by atoms with Gasteiger partial charge in [0.2, 0.25) is 0 Å². The number of fused-ring (bicyclic) bond motifs is 6. The lowest BCUT2D eigenvalue weighted by atomic mass is 9.55. The van der Waals surface area contributed by atoms with E-state index in [1.165, 1.54) is 66.8 Å². The highest BCUT2D eigenvalue weighted by atomic mass is 15.0. The van der Waals surface area contributed by atoms with Crippen molar-refractivity contribution in [3.8, 4) is 124 Å². The fourth-order valence-electron chi connectivity index (χ4n) is 13.1. The molecule has 0 aliphatic heterocycles. The first-order chi connectivity index (χ1) is 43.6. The van der Waals surface area contributed by atoms with Gasteiger partial charge in [-0.05, 0) is 125 Å². The van der Waals surface area contributed by atoms with Crippen LogP contribution in [0.25, 0.3) is 124 Å². The smallest absolute Gasteiger partial charge is 0.165 e. The van der Waals surface area contributed by atoms with Crippen LogP contribution in [-0.4, -0.2) is 34.9 Å². The summed E-state index contributed by atoms with van der Waals surface area (Å²) in [5.74, 6) is 3.91. The van der Waals surface area contributed by atoms with Gasteiger partial charge < -0.3 is 0 Å². The molecular formula is C83H69N7. The van der Waals surface area contributed by atoms with Gasteiger partial charge in [-0.15, -0.1) is 0 Å². The quantitative estimate of drug-likeness (QED) is 0.142. The van der Waals surface area contributed by atoms with E-state index in [0.717, 1.165) is 44.6 Å². The number of nitrogens with zero attached hydrogens (tertiary/aromatic N) is 7. The van der Waals surface area contributed by atoms with Gasteiger partial charge in [-0.1, -0.05) is 286 Å². The minimum Gasteiger partial charge on any atom is -0.255 e. The zero-order valence-electron chi connectivity index (χ0n) is 52.1. The summed E-state index contributed by atoms with van der Waals surface area (Å²) in [5.41, 5.74) is 22.8. The van der Waals surface area contributed by atoms with Crippen molar-refractivity contribution < 1.29 is 0 Å². The monoisotopic (exact) mass is 1160 g/mol. The molecule has 3 aromatic heterocycles. The summed E-state index contributed by atoms with van der Waals surface area (Å²) >= 11 is 0. The van der Waals surface area contributed by atoms with Crippen molar-refractivity contribution in [3.63, 3.8) is 0 Å². The predicted octanol–water partition coefficient (Wildman–Crippen LogP) is 20.6. The van der Waals surface area contributed by atoms with E-state index in [9.17, 15) is 0 Å². The molecule has 2 aliphatic rings. The minimum atomic E-state index is -0.155. The van der Waals surface area contributed by atoms with Gasteiger partial charge in [0.15, 0.2) is 34.9 Å². The highest BCUT2D eigenvalue weighted by Crippen LogP contribution is 2.56. The van der Waals surface area contributed by atoms with E-state index >= 15 is 0 Å². The third-order valence-corrected chi connectivity index (χ3v) is 19.7. The second-order valence-electron chi connectivity index (χ2n) is 25.8. The molecule has 10 aromatic carbocycles. The molecule has 13 aromatic rings. The number of aromatic nitrogens is 7. The van der Waals surface area contributed by atoms with Gasteiger partial charge >= 0.3 is 0 Å². The summed E-state index contributed by atoms with van der Waals surface area (Å²) in [4.78, 5) is 34.4. The first kappa shape index (κ1) is 57.1. The van der Waals surface area contributed by atoms with Gasteiger partial charge in [-0.25, -0.2) is 29.9 Å². The molecule has 0 atom stereocenters. The summed E-state index contributed by atoms with van der Waals surface area (Å²) < 4.78 is 0. The highest BCUT2D eigenvalue weighted by Gasteiger charge is 2.47. The van der Waals surface area contributed by atoms with Crippen molar-refractivity contribution in [1.29, 1.82) is 0 Å². The fourth-order valence-corrected chi connectivity index (χ4v) is 13.1. The molecule has 15 rings (SSSR count). The zero-order valence-corrected chi connectivity index (χ0v) is 52.1. The molecule has 0 saturated carbocycles. The van der Waals surface area contributed by atoms with Gasteiger partial charge in [-0.3, -0.25) is 4.98 Å². The molecule has 0 radical (unpaired) electrons. The van der Waals surface area contributed by atoms with Crippen molar-refractivity contribution in [3.05, 3.63) is 295 Å². The second-order valence-corrected chi connectivity index (χ2v) is 25.8. The molecule has 2 aliphatic carbocycles. The molecule has 0 fully saturated rings. The van der Waals surface area contributed by atoms with E-state index in [1.807, 2.05) is 103 Å².